The van der Waals surface area contributed by atoms with Gasteiger partial charge in [0.05, 0.1) is 18.5 Å². The third kappa shape index (κ3) is 2.22. The van der Waals surface area contributed by atoms with E-state index < -0.39 is 0 Å². The van der Waals surface area contributed by atoms with Crippen LogP contribution < -0.4 is 4.74 Å². The van der Waals surface area contributed by atoms with Crippen LogP contribution in [0.15, 0.2) is 30.5 Å². The Kier molecular flexibility index (Phi) is 3.43. The SMILES string of the molecule is COc1cccc(CN2[C@H]3CC[C@@H]2c2cnc4cc(C)nn4c2C3)c1O. The Morgan fingerprint density at radius 1 is 1.31 bits per heavy atom. The van der Waals surface area contributed by atoms with E-state index in [0.717, 1.165) is 36.2 Å². The van der Waals surface area contributed by atoms with E-state index in [1.54, 1.807) is 13.2 Å². The van der Waals surface area contributed by atoms with E-state index >= 15 is 0 Å². The zero-order chi connectivity index (χ0) is 17.8. The minimum Gasteiger partial charge on any atom is -0.504 e. The van der Waals surface area contributed by atoms with Gasteiger partial charge in [0.1, 0.15) is 0 Å². The number of hydrogen-bond donors (Lipinski definition) is 1. The molecule has 0 aliphatic carbocycles. The number of rotatable bonds is 3. The number of ether oxygens (including phenoxy) is 1. The zero-order valence-electron chi connectivity index (χ0n) is 15.0. The lowest BCUT2D eigenvalue weighted by molar-refractivity contribution is 0.163. The highest BCUT2D eigenvalue weighted by Gasteiger charge is 2.41. The highest BCUT2D eigenvalue weighted by atomic mass is 16.5. The predicted octanol–water partition coefficient (Wildman–Crippen LogP) is 3.01. The molecule has 6 heteroatoms. The van der Waals surface area contributed by atoms with Crippen LogP contribution in [0.5, 0.6) is 11.5 Å². The number of fused-ring (bicyclic) bond motifs is 6. The van der Waals surface area contributed by atoms with Crippen LogP contribution >= 0.6 is 0 Å². The van der Waals surface area contributed by atoms with Gasteiger partial charge in [-0.3, -0.25) is 4.90 Å². The highest BCUT2D eigenvalue weighted by Crippen LogP contribution is 2.45. The van der Waals surface area contributed by atoms with Gasteiger partial charge < -0.3 is 9.84 Å². The van der Waals surface area contributed by atoms with Crippen molar-refractivity contribution in [3.05, 3.63) is 53.0 Å². The Morgan fingerprint density at radius 3 is 3.04 bits per heavy atom. The summed E-state index contributed by atoms with van der Waals surface area (Å²) in [4.78, 5) is 7.12. The second-order valence-electron chi connectivity index (χ2n) is 7.31. The molecule has 0 saturated carbocycles. The second-order valence-corrected chi connectivity index (χ2v) is 7.31. The molecule has 2 aliphatic heterocycles. The first-order valence-electron chi connectivity index (χ1n) is 9.10. The van der Waals surface area contributed by atoms with Crippen LogP contribution in [0.3, 0.4) is 0 Å². The second kappa shape index (κ2) is 5.71. The number of phenolic OH excluding ortho intramolecular Hbond substituents is 1. The maximum atomic E-state index is 10.5. The van der Waals surface area contributed by atoms with Crippen molar-refractivity contribution < 1.29 is 9.84 Å². The summed E-state index contributed by atoms with van der Waals surface area (Å²) >= 11 is 0. The standard InChI is InChI=1S/C20H22N4O2/c1-12-8-19-21-10-15-16-7-6-14(9-17(15)24(19)22-12)23(16)11-13-4-3-5-18(26-2)20(13)25/h3-5,8,10,14,16,25H,6-7,9,11H2,1-2H3/t14-,16+/m0/s1. The molecule has 0 unspecified atom stereocenters. The van der Waals surface area contributed by atoms with Gasteiger partial charge in [0, 0.05) is 48.4 Å². The van der Waals surface area contributed by atoms with Crippen LogP contribution in [0.25, 0.3) is 5.65 Å². The largest absolute Gasteiger partial charge is 0.504 e. The van der Waals surface area contributed by atoms with Crippen LogP contribution in [0.4, 0.5) is 0 Å². The quantitative estimate of drug-likeness (QED) is 0.787. The predicted molar refractivity (Wildman–Crippen MR) is 97.4 cm³/mol. The molecule has 6 nitrogen and oxygen atoms in total. The number of aromatic nitrogens is 3. The fourth-order valence-electron chi connectivity index (χ4n) is 4.60. The van der Waals surface area contributed by atoms with E-state index in [4.69, 9.17) is 4.74 Å². The van der Waals surface area contributed by atoms with Gasteiger partial charge in [0.25, 0.3) is 0 Å². The first-order chi connectivity index (χ1) is 12.7. The number of phenols is 1. The summed E-state index contributed by atoms with van der Waals surface area (Å²) in [5.41, 5.74) is 5.41. The molecule has 1 aromatic carbocycles. The smallest absolute Gasteiger partial charge is 0.162 e. The Morgan fingerprint density at radius 2 is 2.19 bits per heavy atom. The van der Waals surface area contributed by atoms with Gasteiger partial charge in [-0.2, -0.15) is 5.10 Å². The first-order valence-corrected chi connectivity index (χ1v) is 9.10. The number of aromatic hydroxyl groups is 1. The minimum absolute atomic E-state index is 0.247. The van der Waals surface area contributed by atoms with Gasteiger partial charge in [0.15, 0.2) is 17.1 Å². The van der Waals surface area contributed by atoms with Crippen LogP contribution in [-0.2, 0) is 13.0 Å². The average molecular weight is 350 g/mol. The van der Waals surface area contributed by atoms with Gasteiger partial charge in [-0.15, -0.1) is 0 Å². The van der Waals surface area contributed by atoms with Gasteiger partial charge in [-0.25, -0.2) is 9.50 Å². The molecule has 2 bridgehead atoms. The molecule has 0 radical (unpaired) electrons. The molecular weight excluding hydrogens is 328 g/mol. The summed E-state index contributed by atoms with van der Waals surface area (Å²) in [5.74, 6) is 0.777. The molecular formula is C20H22N4O2. The van der Waals surface area contributed by atoms with E-state index in [1.165, 1.54) is 11.3 Å². The summed E-state index contributed by atoms with van der Waals surface area (Å²) in [6.45, 7) is 2.73. The summed E-state index contributed by atoms with van der Waals surface area (Å²) < 4.78 is 7.28. The topological polar surface area (TPSA) is 62.9 Å². The fraction of sp³-hybridized carbons (Fsp3) is 0.400. The van der Waals surface area contributed by atoms with Crippen molar-refractivity contribution >= 4 is 5.65 Å². The van der Waals surface area contributed by atoms with Crippen molar-refractivity contribution in [1.29, 1.82) is 0 Å². The molecule has 1 saturated heterocycles. The van der Waals surface area contributed by atoms with E-state index in [2.05, 4.69) is 15.0 Å². The van der Waals surface area contributed by atoms with E-state index in [9.17, 15) is 5.11 Å². The number of methoxy groups -OCH3 is 1. The average Bonchev–Trinajstić information content (AvgIpc) is 3.14. The maximum absolute atomic E-state index is 10.5. The molecule has 2 aromatic heterocycles. The van der Waals surface area contributed by atoms with E-state index in [1.807, 2.05) is 35.8 Å². The van der Waals surface area contributed by atoms with E-state index in [0.29, 0.717) is 24.4 Å². The van der Waals surface area contributed by atoms with Gasteiger partial charge in [-0.1, -0.05) is 12.1 Å². The molecule has 2 atom stereocenters. The molecule has 0 amide bonds. The monoisotopic (exact) mass is 350 g/mol. The van der Waals surface area contributed by atoms with Crippen molar-refractivity contribution in [1.82, 2.24) is 19.5 Å². The molecule has 3 aromatic rings. The number of hydrogen-bond acceptors (Lipinski definition) is 5. The van der Waals surface area contributed by atoms with Crippen LogP contribution in [0.2, 0.25) is 0 Å². The van der Waals surface area contributed by atoms with Crippen LogP contribution in [0.1, 0.15) is 41.4 Å². The molecule has 134 valence electrons. The van der Waals surface area contributed by atoms with Crippen molar-refractivity contribution in [3.8, 4) is 11.5 Å². The molecule has 2 aliphatic rings. The Hall–Kier alpha value is -2.60. The molecule has 1 fully saturated rings. The zero-order valence-corrected chi connectivity index (χ0v) is 15.0. The van der Waals surface area contributed by atoms with Crippen molar-refractivity contribution in [3.63, 3.8) is 0 Å². The molecule has 1 N–H and O–H groups in total. The number of nitrogens with zero attached hydrogens (tertiary/aromatic N) is 4. The fourth-order valence-corrected chi connectivity index (χ4v) is 4.60. The maximum Gasteiger partial charge on any atom is 0.162 e. The lowest BCUT2D eigenvalue weighted by Gasteiger charge is -2.36. The number of aryl methyl sites for hydroxylation is 1. The van der Waals surface area contributed by atoms with Crippen LogP contribution in [-0.4, -0.2) is 37.8 Å². The summed E-state index contributed by atoms with van der Waals surface area (Å²) in [5, 5.41) is 15.1. The van der Waals surface area contributed by atoms with Gasteiger partial charge >= 0.3 is 0 Å². The third-order valence-electron chi connectivity index (χ3n) is 5.82. The van der Waals surface area contributed by atoms with Gasteiger partial charge in [0.2, 0.25) is 0 Å². The Labute approximate surface area is 152 Å². The van der Waals surface area contributed by atoms with E-state index in [-0.39, 0.29) is 5.75 Å². The molecule has 0 spiro atoms. The number of para-hydroxylation sites is 1. The normalized spacial score (nSPS) is 21.9. The lowest BCUT2D eigenvalue weighted by Crippen LogP contribution is -2.38. The Bertz CT molecular complexity index is 997. The number of benzene rings is 1. The minimum atomic E-state index is 0.247. The van der Waals surface area contributed by atoms with Crippen molar-refractivity contribution in [2.75, 3.05) is 7.11 Å². The summed E-state index contributed by atoms with van der Waals surface area (Å²) in [7, 11) is 1.59. The van der Waals surface area contributed by atoms with Crippen LogP contribution in [0, 0.1) is 6.92 Å². The summed E-state index contributed by atoms with van der Waals surface area (Å²) in [6.07, 6.45) is 5.27. The first kappa shape index (κ1) is 15.6. The summed E-state index contributed by atoms with van der Waals surface area (Å²) in [6, 6.07) is 8.53. The Balaban J connectivity index is 1.53. The molecule has 26 heavy (non-hydrogen) atoms. The van der Waals surface area contributed by atoms with Crippen molar-refractivity contribution in [2.24, 2.45) is 0 Å². The van der Waals surface area contributed by atoms with Crippen molar-refractivity contribution in [2.45, 2.75) is 44.8 Å². The molecule has 5 rings (SSSR count). The highest BCUT2D eigenvalue weighted by molar-refractivity contribution is 5.46. The third-order valence-corrected chi connectivity index (χ3v) is 5.82. The lowest BCUT2D eigenvalue weighted by atomic mass is 9.98. The van der Waals surface area contributed by atoms with Gasteiger partial charge in [-0.05, 0) is 25.8 Å². The molecule has 4 heterocycles.